The number of rotatable bonds is 12. The number of hydrogen-bond acceptors (Lipinski definition) is 14. The quantitative estimate of drug-likeness (QED) is 0.100. The molecule has 3 amide bonds. The molecule has 1 aromatic carbocycles. The summed E-state index contributed by atoms with van der Waals surface area (Å²) in [6.07, 6.45) is 4.46. The van der Waals surface area contributed by atoms with Crippen LogP contribution in [0.2, 0.25) is 0 Å². The molecule has 4 bridgehead atoms. The summed E-state index contributed by atoms with van der Waals surface area (Å²) in [7, 11) is 0. The molecule has 1 spiro atoms. The fourth-order valence-corrected chi connectivity index (χ4v) is 10.7. The van der Waals surface area contributed by atoms with Crippen molar-refractivity contribution in [1.29, 1.82) is 0 Å². The standard InChI is InChI=1S/C49H60N2O14/c1-23(2)10-9-17-47(8)18-16-28-39(63-47)27(12-11-24(3)4)41-34(40(28)62-45-38(57)37(56)36(55)31(22-52)61-45)35(54)29-20-26-21-32-46(6,7)65-48(42(26)58,49(29,32)64-41)19-15-25(5)43(59)50-30-13-14-33(53)51-44(30)60/h10-11,15-16,18,20,26,30-32,36-38,45,52,55-57H,9,12-14,17,19,21-22H2,1-8H3,(H,50,59)(H,51,53,60)/t26?,30?,31-,32?,36-,37+,38-,45+,47?,48?,49?/m1/s1. The van der Waals surface area contributed by atoms with E-state index < -0.39 is 101 Å². The van der Waals surface area contributed by atoms with Crippen LogP contribution in [0.4, 0.5) is 0 Å². The van der Waals surface area contributed by atoms with Crippen molar-refractivity contribution < 1.29 is 68.1 Å². The van der Waals surface area contributed by atoms with Gasteiger partial charge in [0.2, 0.25) is 24.0 Å². The van der Waals surface area contributed by atoms with Crippen molar-refractivity contribution in [3.63, 3.8) is 0 Å². The molecule has 350 valence electrons. The van der Waals surface area contributed by atoms with Crippen LogP contribution in [-0.4, -0.2) is 115 Å². The van der Waals surface area contributed by atoms with Crippen molar-refractivity contribution in [2.24, 2.45) is 11.8 Å². The number of aliphatic hydroxyl groups is 4. The number of carbonyl (C=O) groups excluding carboxylic acids is 5. The number of ether oxygens (including phenoxy) is 5. The molecule has 0 radical (unpaired) electrons. The van der Waals surface area contributed by atoms with E-state index in [4.69, 9.17) is 23.7 Å². The largest absolute Gasteiger partial charge is 0.482 e. The Morgan fingerprint density at radius 1 is 0.954 bits per heavy atom. The van der Waals surface area contributed by atoms with Crippen LogP contribution in [-0.2, 0) is 35.1 Å². The SMILES string of the molecule is CC(C)=CCCC1(C)C=Cc2c(c(CC=C(C)C)c3c(c2O[C@@H]2O[C@H](CO)[C@@H](O)[C@H](O)[C@H]2O)C(=O)C2=CC4CC5C(C)(C)OC(CC=C(C)C(=O)NC6CCC(=O)NC6=O)(C4=O)C25O3)O1. The Hall–Kier alpha value is -4.97. The Labute approximate surface area is 377 Å². The number of allylic oxidation sites excluding steroid dienone is 5. The van der Waals surface area contributed by atoms with Crippen molar-refractivity contribution in [2.45, 2.75) is 159 Å². The number of Topliss-reactive ketones (excluding diaryl/α,β-unsaturated/α-hetero) is 2. The second-order valence-corrected chi connectivity index (χ2v) is 19.7. The van der Waals surface area contributed by atoms with E-state index in [1.807, 2.05) is 60.6 Å². The van der Waals surface area contributed by atoms with Gasteiger partial charge in [-0.25, -0.2) is 0 Å². The predicted octanol–water partition coefficient (Wildman–Crippen LogP) is 3.55. The van der Waals surface area contributed by atoms with Crippen LogP contribution >= 0.6 is 0 Å². The lowest BCUT2D eigenvalue weighted by Crippen LogP contribution is -2.72. The van der Waals surface area contributed by atoms with Crippen molar-refractivity contribution in [3.8, 4) is 17.2 Å². The summed E-state index contributed by atoms with van der Waals surface area (Å²) in [6, 6.07) is -0.931. The minimum Gasteiger partial charge on any atom is -0.482 e. The van der Waals surface area contributed by atoms with Crippen LogP contribution in [0.3, 0.4) is 0 Å². The summed E-state index contributed by atoms with van der Waals surface area (Å²) in [6.45, 7) is 14.4. The zero-order chi connectivity index (χ0) is 47.1. The molecule has 0 aromatic heterocycles. The normalized spacial score (nSPS) is 35.1. The van der Waals surface area contributed by atoms with Gasteiger partial charge >= 0.3 is 0 Å². The highest BCUT2D eigenvalue weighted by Crippen LogP contribution is 2.69. The number of carbonyl (C=O) groups is 5. The van der Waals surface area contributed by atoms with E-state index in [0.29, 0.717) is 36.1 Å². The van der Waals surface area contributed by atoms with E-state index in [9.17, 15) is 39.6 Å². The maximum absolute atomic E-state index is 15.8. The minimum absolute atomic E-state index is 0.0427. The van der Waals surface area contributed by atoms with Gasteiger partial charge in [-0.05, 0) is 99.6 Å². The summed E-state index contributed by atoms with van der Waals surface area (Å²) >= 11 is 0. The highest BCUT2D eigenvalue weighted by atomic mass is 16.7. The van der Waals surface area contributed by atoms with Gasteiger partial charge in [0.1, 0.15) is 58.9 Å². The summed E-state index contributed by atoms with van der Waals surface area (Å²) in [5.74, 6) is -3.52. The lowest BCUT2D eigenvalue weighted by Gasteiger charge is -2.56. The smallest absolute Gasteiger partial charge is 0.249 e. The molecule has 65 heavy (non-hydrogen) atoms. The molecule has 16 heteroatoms. The first-order valence-corrected chi connectivity index (χ1v) is 22.4. The van der Waals surface area contributed by atoms with E-state index in [1.165, 1.54) is 0 Å². The molecule has 1 aromatic rings. The first-order valence-electron chi connectivity index (χ1n) is 22.4. The molecule has 11 atom stereocenters. The zero-order valence-corrected chi connectivity index (χ0v) is 38.1. The van der Waals surface area contributed by atoms with Crippen LogP contribution < -0.4 is 24.8 Å². The highest BCUT2D eigenvalue weighted by molar-refractivity contribution is 6.19. The third kappa shape index (κ3) is 7.59. The molecule has 1 saturated carbocycles. The van der Waals surface area contributed by atoms with Crippen molar-refractivity contribution in [1.82, 2.24) is 10.6 Å². The molecular weight excluding hydrogens is 841 g/mol. The van der Waals surface area contributed by atoms with Gasteiger partial charge in [0.15, 0.2) is 22.8 Å². The number of amides is 3. The van der Waals surface area contributed by atoms with Crippen molar-refractivity contribution >= 4 is 35.4 Å². The van der Waals surface area contributed by atoms with Gasteiger partial charge in [0.05, 0.1) is 17.8 Å². The van der Waals surface area contributed by atoms with E-state index in [0.717, 1.165) is 11.1 Å². The van der Waals surface area contributed by atoms with E-state index in [1.54, 1.807) is 25.2 Å². The number of ketones is 2. The van der Waals surface area contributed by atoms with Crippen LogP contribution in [0.1, 0.15) is 115 Å². The lowest BCUT2D eigenvalue weighted by atomic mass is 9.51. The van der Waals surface area contributed by atoms with Gasteiger partial charge in [0, 0.05) is 41.4 Å². The van der Waals surface area contributed by atoms with Crippen molar-refractivity contribution in [3.05, 3.63) is 69.4 Å². The molecule has 5 aliphatic heterocycles. The Morgan fingerprint density at radius 2 is 1.68 bits per heavy atom. The van der Waals surface area contributed by atoms with Gasteiger partial charge in [-0.15, -0.1) is 0 Å². The van der Waals surface area contributed by atoms with E-state index in [2.05, 4.69) is 16.7 Å². The van der Waals surface area contributed by atoms with Gasteiger partial charge < -0.3 is 49.4 Å². The Balaban J connectivity index is 1.30. The van der Waals surface area contributed by atoms with Crippen LogP contribution in [0, 0.1) is 11.8 Å². The predicted molar refractivity (Wildman–Crippen MR) is 234 cm³/mol. The second-order valence-electron chi connectivity index (χ2n) is 19.7. The average Bonchev–Trinajstić information content (AvgIpc) is 3.39. The zero-order valence-electron chi connectivity index (χ0n) is 38.1. The molecule has 5 heterocycles. The summed E-state index contributed by atoms with van der Waals surface area (Å²) < 4.78 is 33.7. The third-order valence-corrected chi connectivity index (χ3v) is 14.1. The Morgan fingerprint density at radius 3 is 2.35 bits per heavy atom. The Bertz CT molecular complexity index is 2380. The molecule has 3 aliphatic carbocycles. The number of benzene rings is 1. The maximum atomic E-state index is 15.8. The van der Waals surface area contributed by atoms with Crippen LogP contribution in [0.5, 0.6) is 17.2 Å². The molecule has 16 nitrogen and oxygen atoms in total. The number of fused-ring (bicyclic) bond motifs is 2. The maximum Gasteiger partial charge on any atom is 0.249 e. The molecule has 9 rings (SSSR count). The fourth-order valence-electron chi connectivity index (χ4n) is 10.7. The second kappa shape index (κ2) is 16.7. The fraction of sp³-hybridized carbons (Fsp3) is 0.571. The number of piperidine rings is 1. The van der Waals surface area contributed by atoms with Gasteiger partial charge in [-0.2, -0.15) is 0 Å². The van der Waals surface area contributed by atoms with Crippen LogP contribution in [0.15, 0.2) is 52.7 Å². The minimum atomic E-state index is -1.82. The Kier molecular flexibility index (Phi) is 12.0. The average molecular weight is 901 g/mol. The highest BCUT2D eigenvalue weighted by Gasteiger charge is 2.81. The monoisotopic (exact) mass is 900 g/mol. The van der Waals surface area contributed by atoms with Crippen molar-refractivity contribution in [2.75, 3.05) is 6.61 Å². The van der Waals surface area contributed by atoms with Gasteiger partial charge in [-0.3, -0.25) is 29.3 Å². The van der Waals surface area contributed by atoms with Gasteiger partial charge in [-0.1, -0.05) is 35.5 Å². The van der Waals surface area contributed by atoms with Gasteiger partial charge in [0.25, 0.3) is 0 Å². The first kappa shape index (κ1) is 46.6. The molecule has 4 fully saturated rings. The topological polar surface area (TPSA) is 236 Å². The number of imide groups is 1. The van der Waals surface area contributed by atoms with E-state index in [-0.39, 0.29) is 59.7 Å². The number of aliphatic hydroxyl groups excluding tert-OH is 4. The molecule has 6 N–H and O–H groups in total. The summed E-state index contributed by atoms with van der Waals surface area (Å²) in [4.78, 5) is 68.6. The number of nitrogens with one attached hydrogen (secondary N) is 2. The summed E-state index contributed by atoms with van der Waals surface area (Å²) in [5, 5.41) is 47.7. The molecule has 3 saturated heterocycles. The molecule has 8 aliphatic rings. The first-order chi connectivity index (χ1) is 30.6. The van der Waals surface area contributed by atoms with E-state index >= 15 is 4.79 Å². The third-order valence-electron chi connectivity index (χ3n) is 14.1. The molecule has 6 unspecified atom stereocenters. The molecular formula is C49H60N2O14. The lowest BCUT2D eigenvalue weighted by molar-refractivity contribution is -0.277. The summed E-state index contributed by atoms with van der Waals surface area (Å²) in [5.41, 5.74) is -2.24. The number of hydrogen-bond donors (Lipinski definition) is 6. The van der Waals surface area contributed by atoms with Crippen LogP contribution in [0.25, 0.3) is 6.08 Å².